The first kappa shape index (κ1) is 24.7. The summed E-state index contributed by atoms with van der Waals surface area (Å²) in [6.07, 6.45) is 44.6. The van der Waals surface area contributed by atoms with Gasteiger partial charge in [-0.3, -0.25) is 0 Å². The molecule has 0 nitrogen and oxygen atoms in total. The number of hydrogen-bond acceptors (Lipinski definition) is 0. The zero-order chi connectivity index (χ0) is 27.1. The van der Waals surface area contributed by atoms with Crippen molar-refractivity contribution in [1.82, 2.24) is 0 Å². The second-order valence-corrected chi connectivity index (χ2v) is 17.7. The molecule has 13 aliphatic carbocycles. The van der Waals surface area contributed by atoms with E-state index in [1.165, 1.54) is 51.4 Å². The van der Waals surface area contributed by atoms with E-state index in [2.05, 4.69) is 72.9 Å². The molecule has 20 unspecified atom stereocenters. The third-order valence-electron chi connectivity index (χ3n) is 17.0. The third kappa shape index (κ3) is 3.22. The molecule has 0 aromatic rings. The van der Waals surface area contributed by atoms with E-state index >= 15 is 0 Å². The van der Waals surface area contributed by atoms with Gasteiger partial charge in [-0.1, -0.05) is 72.9 Å². The van der Waals surface area contributed by atoms with Crippen LogP contribution in [0.1, 0.15) is 64.2 Å². The Labute approximate surface area is 255 Å². The summed E-state index contributed by atoms with van der Waals surface area (Å²) in [5, 5.41) is 0. The lowest BCUT2D eigenvalue weighted by molar-refractivity contribution is 0.0863. The number of hydrogen-bond donors (Lipinski definition) is 0. The highest BCUT2D eigenvalue weighted by Gasteiger charge is 2.65. The molecule has 0 saturated heterocycles. The number of allylic oxidation sites excluding steroid dienone is 12. The molecule has 0 amide bonds. The maximum absolute atomic E-state index is 2.57. The molecule has 13 rings (SSSR count). The highest BCUT2D eigenvalue weighted by atomic mass is 14.7. The van der Waals surface area contributed by atoms with Gasteiger partial charge >= 0.3 is 0 Å². The zero-order valence-electron chi connectivity index (χ0n) is 25.5. The van der Waals surface area contributed by atoms with E-state index in [1.807, 2.05) is 0 Å². The van der Waals surface area contributed by atoms with Crippen molar-refractivity contribution in [2.45, 2.75) is 64.2 Å². The number of fused-ring (bicyclic) bond motifs is 29. The fourth-order valence-corrected chi connectivity index (χ4v) is 15.9. The number of rotatable bonds is 0. The molecule has 20 atom stereocenters. The minimum atomic E-state index is 0.954. The molecule has 0 aromatic heterocycles. The molecule has 7 saturated carbocycles. The van der Waals surface area contributed by atoms with Crippen LogP contribution in [0.25, 0.3) is 0 Å². The van der Waals surface area contributed by atoms with Gasteiger partial charge in [-0.05, 0) is 183 Å². The van der Waals surface area contributed by atoms with E-state index in [0.717, 1.165) is 118 Å². The van der Waals surface area contributed by atoms with E-state index in [1.54, 1.807) is 12.8 Å². The molecule has 10 bridgehead atoms. The second-order valence-electron chi connectivity index (χ2n) is 17.7. The van der Waals surface area contributed by atoms with Gasteiger partial charge in [0.25, 0.3) is 0 Å². The van der Waals surface area contributed by atoms with Gasteiger partial charge in [0.2, 0.25) is 0 Å². The Balaban J connectivity index is 0.0000000820. The lowest BCUT2D eigenvalue weighted by atomic mass is 9.62. The van der Waals surface area contributed by atoms with Crippen LogP contribution in [0.15, 0.2) is 72.9 Å². The molecular weight excluding hydrogens is 504 g/mol. The maximum Gasteiger partial charge on any atom is -0.0168 e. The predicted octanol–water partition coefficient (Wildman–Crippen LogP) is 9.70. The van der Waals surface area contributed by atoms with Crippen LogP contribution < -0.4 is 0 Å². The molecule has 0 aromatic carbocycles. The molecule has 0 N–H and O–H groups in total. The summed E-state index contributed by atoms with van der Waals surface area (Å²) < 4.78 is 0. The molecule has 0 spiro atoms. The molecule has 0 radical (unpaired) electrons. The Hall–Kier alpha value is -1.56. The highest BCUT2D eigenvalue weighted by molar-refractivity contribution is 5.26. The molecule has 42 heavy (non-hydrogen) atoms. The minimum absolute atomic E-state index is 0.954. The lowest BCUT2D eigenvalue weighted by Gasteiger charge is -2.42. The van der Waals surface area contributed by atoms with Crippen molar-refractivity contribution in [2.24, 2.45) is 118 Å². The van der Waals surface area contributed by atoms with Crippen LogP contribution >= 0.6 is 0 Å². The van der Waals surface area contributed by atoms with E-state index < -0.39 is 0 Å². The van der Waals surface area contributed by atoms with Gasteiger partial charge in [-0.15, -0.1) is 0 Å². The maximum atomic E-state index is 2.57. The summed E-state index contributed by atoms with van der Waals surface area (Å²) in [5.41, 5.74) is 0. The molecule has 0 heterocycles. The summed E-state index contributed by atoms with van der Waals surface area (Å²) in [5.74, 6) is 21.1. The van der Waals surface area contributed by atoms with Gasteiger partial charge < -0.3 is 0 Å². The summed E-state index contributed by atoms with van der Waals surface area (Å²) in [7, 11) is 0. The Bertz CT molecular complexity index is 1250. The molecular formula is C42H52. The quantitative estimate of drug-likeness (QED) is 0.206. The third-order valence-corrected chi connectivity index (χ3v) is 17.0. The average Bonchev–Trinajstić information content (AvgIpc) is 3.90. The minimum Gasteiger partial charge on any atom is -0.0882 e. The van der Waals surface area contributed by atoms with Crippen molar-refractivity contribution in [2.75, 3.05) is 0 Å². The standard InChI is InChI=1S/C16H20.C15H18.C11H14/c1-2-4-12-11(3-1)13-8-14(12)16-10-6-5-9(7-10)15(13)16;1-2-10-11(3-1)13-7-12(10)14-8-4-5-9(6-8)15(13)14;1-2-4-11-9-6-5-8(7-9)10(11)3-1/h1-2,5-6,9-16H,3-4,7-8H2;1-2,4-5,8-15H,3,6-7H2;1-2,5-6,8-11H,3-4,7H2. The molecule has 0 aliphatic heterocycles. The first-order valence-corrected chi connectivity index (χ1v) is 18.8. The van der Waals surface area contributed by atoms with Crippen molar-refractivity contribution in [3.8, 4) is 0 Å². The van der Waals surface area contributed by atoms with E-state index in [9.17, 15) is 0 Å². The smallest absolute Gasteiger partial charge is 0.0168 e. The molecule has 220 valence electrons. The Morgan fingerprint density at radius 1 is 0.262 bits per heavy atom. The Morgan fingerprint density at radius 2 is 0.643 bits per heavy atom. The van der Waals surface area contributed by atoms with E-state index in [0.29, 0.717) is 0 Å². The zero-order valence-corrected chi connectivity index (χ0v) is 25.5. The van der Waals surface area contributed by atoms with Crippen molar-refractivity contribution in [3.63, 3.8) is 0 Å². The van der Waals surface area contributed by atoms with Crippen molar-refractivity contribution in [1.29, 1.82) is 0 Å². The van der Waals surface area contributed by atoms with Gasteiger partial charge in [0.05, 0.1) is 0 Å². The lowest BCUT2D eigenvalue weighted by Crippen LogP contribution is -2.37. The fourth-order valence-electron chi connectivity index (χ4n) is 15.9. The van der Waals surface area contributed by atoms with Crippen molar-refractivity contribution in [3.05, 3.63) is 72.9 Å². The highest BCUT2D eigenvalue weighted by Crippen LogP contribution is 2.71. The van der Waals surface area contributed by atoms with Crippen LogP contribution in [0.4, 0.5) is 0 Å². The van der Waals surface area contributed by atoms with Crippen LogP contribution in [-0.2, 0) is 0 Å². The van der Waals surface area contributed by atoms with Crippen LogP contribution in [0.2, 0.25) is 0 Å². The summed E-state index contributed by atoms with van der Waals surface area (Å²) >= 11 is 0. The molecule has 0 heteroatoms. The average molecular weight is 557 g/mol. The van der Waals surface area contributed by atoms with Gasteiger partial charge in [0.15, 0.2) is 0 Å². The van der Waals surface area contributed by atoms with Crippen molar-refractivity contribution >= 4 is 0 Å². The normalized spacial score (nSPS) is 61.7. The van der Waals surface area contributed by atoms with Gasteiger partial charge in [-0.25, -0.2) is 0 Å². The predicted molar refractivity (Wildman–Crippen MR) is 171 cm³/mol. The monoisotopic (exact) mass is 556 g/mol. The molecule has 7 fully saturated rings. The largest absolute Gasteiger partial charge is 0.0882 e. The van der Waals surface area contributed by atoms with Gasteiger partial charge in [-0.2, -0.15) is 0 Å². The van der Waals surface area contributed by atoms with Crippen LogP contribution in [0.5, 0.6) is 0 Å². The van der Waals surface area contributed by atoms with Gasteiger partial charge in [0.1, 0.15) is 0 Å². The van der Waals surface area contributed by atoms with Crippen LogP contribution in [-0.4, -0.2) is 0 Å². The summed E-state index contributed by atoms with van der Waals surface area (Å²) in [6.45, 7) is 0. The van der Waals surface area contributed by atoms with Crippen molar-refractivity contribution < 1.29 is 0 Å². The van der Waals surface area contributed by atoms with E-state index in [4.69, 9.17) is 0 Å². The Morgan fingerprint density at radius 3 is 1.19 bits per heavy atom. The van der Waals surface area contributed by atoms with Gasteiger partial charge in [0, 0.05) is 0 Å². The first-order chi connectivity index (χ1) is 20.8. The Kier molecular flexibility index (Phi) is 5.30. The first-order valence-electron chi connectivity index (χ1n) is 18.8. The topological polar surface area (TPSA) is 0 Å². The summed E-state index contributed by atoms with van der Waals surface area (Å²) in [6, 6.07) is 0. The van der Waals surface area contributed by atoms with Crippen LogP contribution in [0, 0.1) is 118 Å². The fraction of sp³-hybridized carbons (Fsp3) is 0.714. The van der Waals surface area contributed by atoms with Crippen LogP contribution in [0.3, 0.4) is 0 Å². The second kappa shape index (κ2) is 9.01. The molecule has 13 aliphatic rings. The SMILES string of the molecule is C1=CC2C(C1)C1CC2C2C3C=CC(C3)C12.C1=CCC2C(C1)C1CC2C2C3C=CC(C3)C12.C1=CCC2C3C=CC(C3)C2C1. The van der Waals surface area contributed by atoms with E-state index in [-0.39, 0.29) is 0 Å². The summed E-state index contributed by atoms with van der Waals surface area (Å²) in [4.78, 5) is 0.